The first-order chi connectivity index (χ1) is 6.26. The maximum Gasteiger partial charge on any atom is 0.147 e. The molecule has 0 spiro atoms. The minimum absolute atomic E-state index is 0.691. The summed E-state index contributed by atoms with van der Waals surface area (Å²) in [6.45, 7) is 9.88. The lowest BCUT2D eigenvalue weighted by atomic mass is 10.2. The Morgan fingerprint density at radius 3 is 2.85 bits per heavy atom. The third kappa shape index (κ3) is 2.71. The molecular formula is C10H13N3. The van der Waals surface area contributed by atoms with Crippen LogP contribution in [0.15, 0.2) is 43.3 Å². The van der Waals surface area contributed by atoms with Crippen molar-refractivity contribution in [2.24, 2.45) is 0 Å². The van der Waals surface area contributed by atoms with Crippen LogP contribution in [0.2, 0.25) is 0 Å². The van der Waals surface area contributed by atoms with Gasteiger partial charge in [0.15, 0.2) is 0 Å². The second kappa shape index (κ2) is 4.40. The van der Waals surface area contributed by atoms with Gasteiger partial charge in [-0.2, -0.15) is 5.10 Å². The highest BCUT2D eigenvalue weighted by atomic mass is 15.3. The number of hydrogen-bond acceptors (Lipinski definition) is 2. The lowest BCUT2D eigenvalue weighted by molar-refractivity contribution is 0.678. The molecule has 13 heavy (non-hydrogen) atoms. The van der Waals surface area contributed by atoms with Crippen LogP contribution in [0, 0.1) is 6.92 Å². The number of rotatable bonds is 4. The molecule has 0 fully saturated rings. The van der Waals surface area contributed by atoms with Crippen molar-refractivity contribution >= 4 is 0 Å². The van der Waals surface area contributed by atoms with Gasteiger partial charge in [-0.05, 0) is 12.5 Å². The summed E-state index contributed by atoms with van der Waals surface area (Å²) in [5, 5.41) is 4.16. The highest BCUT2D eigenvalue weighted by molar-refractivity contribution is 5.20. The van der Waals surface area contributed by atoms with Crippen molar-refractivity contribution in [1.29, 1.82) is 0 Å². The molecule has 1 aromatic rings. The summed E-state index contributed by atoms with van der Waals surface area (Å²) in [6, 6.07) is 0. The highest BCUT2D eigenvalue weighted by Gasteiger charge is 1.96. The lowest BCUT2D eigenvalue weighted by Crippen LogP contribution is -2.00. The van der Waals surface area contributed by atoms with Crippen molar-refractivity contribution in [3.8, 4) is 0 Å². The third-order valence-corrected chi connectivity index (χ3v) is 1.59. The molecule has 1 heterocycles. The molecular weight excluding hydrogens is 162 g/mol. The van der Waals surface area contributed by atoms with Crippen molar-refractivity contribution in [3.63, 3.8) is 0 Å². The van der Waals surface area contributed by atoms with Gasteiger partial charge in [0, 0.05) is 0 Å². The van der Waals surface area contributed by atoms with Crippen LogP contribution in [-0.4, -0.2) is 14.8 Å². The average molecular weight is 175 g/mol. The minimum Gasteiger partial charge on any atom is -0.248 e. The summed E-state index contributed by atoms with van der Waals surface area (Å²) in [5.41, 5.74) is 1.07. The zero-order chi connectivity index (χ0) is 9.68. The van der Waals surface area contributed by atoms with E-state index in [0.717, 1.165) is 11.4 Å². The molecule has 0 radical (unpaired) electrons. The monoisotopic (exact) mass is 175 g/mol. The number of aromatic nitrogens is 3. The van der Waals surface area contributed by atoms with Crippen LogP contribution >= 0.6 is 0 Å². The van der Waals surface area contributed by atoms with E-state index in [9.17, 15) is 0 Å². The fraction of sp³-hybridized carbons (Fsp3) is 0.200. The van der Waals surface area contributed by atoms with Gasteiger partial charge in [-0.25, -0.2) is 9.67 Å². The zero-order valence-electron chi connectivity index (χ0n) is 7.77. The van der Waals surface area contributed by atoms with Gasteiger partial charge in [0.25, 0.3) is 0 Å². The molecule has 0 bridgehead atoms. The van der Waals surface area contributed by atoms with Crippen LogP contribution in [0.25, 0.3) is 0 Å². The molecule has 0 aliphatic rings. The molecule has 1 aromatic heterocycles. The van der Waals surface area contributed by atoms with Crippen LogP contribution in [0.4, 0.5) is 0 Å². The van der Waals surface area contributed by atoms with E-state index in [1.807, 2.05) is 13.0 Å². The second-order valence-electron chi connectivity index (χ2n) is 2.67. The number of allylic oxidation sites excluding steroid dienone is 4. The zero-order valence-corrected chi connectivity index (χ0v) is 7.77. The number of hydrogen-bond donors (Lipinski definition) is 0. The molecule has 0 N–H and O–H groups in total. The Balaban J connectivity index is 2.72. The van der Waals surface area contributed by atoms with Gasteiger partial charge < -0.3 is 0 Å². The van der Waals surface area contributed by atoms with E-state index in [1.54, 1.807) is 23.2 Å². The summed E-state index contributed by atoms with van der Waals surface area (Å²) in [5.74, 6) is 0.780. The molecule has 68 valence electrons. The molecule has 0 amide bonds. The Morgan fingerprint density at radius 1 is 1.62 bits per heavy atom. The van der Waals surface area contributed by atoms with Crippen molar-refractivity contribution in [2.75, 3.05) is 0 Å². The molecule has 0 aliphatic heterocycles. The normalized spacial score (nSPS) is 11.3. The summed E-state index contributed by atoms with van der Waals surface area (Å²) in [7, 11) is 0. The van der Waals surface area contributed by atoms with E-state index in [4.69, 9.17) is 0 Å². The van der Waals surface area contributed by atoms with E-state index in [0.29, 0.717) is 6.54 Å². The summed E-state index contributed by atoms with van der Waals surface area (Å²) in [6.07, 6.45) is 7.14. The summed E-state index contributed by atoms with van der Waals surface area (Å²) >= 11 is 0. The second-order valence-corrected chi connectivity index (χ2v) is 2.67. The molecule has 0 aromatic carbocycles. The summed E-state index contributed by atoms with van der Waals surface area (Å²) in [4.78, 5) is 4.03. The van der Waals surface area contributed by atoms with Gasteiger partial charge in [0.2, 0.25) is 0 Å². The highest BCUT2D eigenvalue weighted by Crippen LogP contribution is 2.00. The van der Waals surface area contributed by atoms with Gasteiger partial charge in [0.05, 0.1) is 6.54 Å². The van der Waals surface area contributed by atoms with Crippen LogP contribution < -0.4 is 0 Å². The van der Waals surface area contributed by atoms with E-state index in [1.165, 1.54) is 0 Å². The maximum absolute atomic E-state index is 4.16. The van der Waals surface area contributed by atoms with Crippen molar-refractivity contribution < 1.29 is 0 Å². The van der Waals surface area contributed by atoms with E-state index < -0.39 is 0 Å². The minimum atomic E-state index is 0.691. The van der Waals surface area contributed by atoms with E-state index in [2.05, 4.69) is 23.2 Å². The predicted octanol–water partition coefficient (Wildman–Crippen LogP) is 1.88. The first-order valence-electron chi connectivity index (χ1n) is 4.06. The number of aryl methyl sites for hydroxylation is 1. The molecule has 0 saturated carbocycles. The Kier molecular flexibility index (Phi) is 3.20. The van der Waals surface area contributed by atoms with Crippen LogP contribution in [0.5, 0.6) is 0 Å². The van der Waals surface area contributed by atoms with Crippen LogP contribution in [-0.2, 0) is 6.54 Å². The Bertz CT molecular complexity index is 334. The van der Waals surface area contributed by atoms with Crippen LogP contribution in [0.3, 0.4) is 0 Å². The van der Waals surface area contributed by atoms with Gasteiger partial charge in [-0.1, -0.05) is 31.4 Å². The molecule has 3 heteroatoms. The molecule has 0 aliphatic carbocycles. The summed E-state index contributed by atoms with van der Waals surface area (Å²) < 4.78 is 1.77. The van der Waals surface area contributed by atoms with Gasteiger partial charge in [-0.3, -0.25) is 0 Å². The lowest BCUT2D eigenvalue weighted by Gasteiger charge is -1.99. The standard InChI is InChI=1S/C10H13N3/c1-4-6-10(5-2)7-13-8-11-9(3)12-13/h4-6,8H,1-2,7H2,3H3/b10-6+. The van der Waals surface area contributed by atoms with Gasteiger partial charge in [-0.15, -0.1) is 0 Å². The fourth-order valence-corrected chi connectivity index (χ4v) is 0.988. The van der Waals surface area contributed by atoms with Crippen molar-refractivity contribution in [1.82, 2.24) is 14.8 Å². The van der Waals surface area contributed by atoms with Gasteiger partial charge >= 0.3 is 0 Å². The number of nitrogens with zero attached hydrogens (tertiary/aromatic N) is 3. The third-order valence-electron chi connectivity index (χ3n) is 1.59. The molecule has 3 nitrogen and oxygen atoms in total. The Morgan fingerprint density at radius 2 is 2.38 bits per heavy atom. The van der Waals surface area contributed by atoms with Crippen molar-refractivity contribution in [3.05, 3.63) is 49.1 Å². The Hall–Kier alpha value is -1.64. The van der Waals surface area contributed by atoms with Crippen LogP contribution in [0.1, 0.15) is 5.82 Å². The molecule has 0 atom stereocenters. The molecule has 0 saturated heterocycles. The molecule has 0 unspecified atom stereocenters. The molecule has 1 rings (SSSR count). The predicted molar refractivity (Wildman–Crippen MR) is 53.2 cm³/mol. The quantitative estimate of drug-likeness (QED) is 0.654. The first-order valence-corrected chi connectivity index (χ1v) is 4.06. The topological polar surface area (TPSA) is 30.7 Å². The van der Waals surface area contributed by atoms with E-state index in [-0.39, 0.29) is 0 Å². The smallest absolute Gasteiger partial charge is 0.147 e. The Labute approximate surface area is 78.1 Å². The van der Waals surface area contributed by atoms with Crippen molar-refractivity contribution in [2.45, 2.75) is 13.5 Å². The maximum atomic E-state index is 4.16. The fourth-order valence-electron chi connectivity index (χ4n) is 0.988. The van der Waals surface area contributed by atoms with E-state index >= 15 is 0 Å². The largest absolute Gasteiger partial charge is 0.248 e. The average Bonchev–Trinajstić information content (AvgIpc) is 2.50. The van der Waals surface area contributed by atoms with Gasteiger partial charge in [0.1, 0.15) is 12.2 Å². The SMILES string of the molecule is C=C/C=C(\C=C)Cn1cnc(C)n1. The first kappa shape index (κ1) is 9.45.